The fourth-order valence-corrected chi connectivity index (χ4v) is 5.94. The molecule has 10 heteroatoms. The van der Waals surface area contributed by atoms with Crippen LogP contribution in [0.3, 0.4) is 0 Å². The molecule has 32 heavy (non-hydrogen) atoms. The van der Waals surface area contributed by atoms with E-state index in [-0.39, 0.29) is 29.8 Å². The third-order valence-corrected chi connectivity index (χ3v) is 8.32. The van der Waals surface area contributed by atoms with Crippen LogP contribution in [0.15, 0.2) is 58.8 Å². The van der Waals surface area contributed by atoms with Crippen molar-refractivity contribution in [1.29, 1.82) is 0 Å². The molecule has 4 rings (SSSR count). The van der Waals surface area contributed by atoms with Crippen LogP contribution >= 0.6 is 22.9 Å². The minimum Gasteiger partial charge on any atom is -0.496 e. The number of amides is 1. The smallest absolute Gasteiger partial charge is 0.243 e. The number of ether oxygens (including phenoxy) is 1. The van der Waals surface area contributed by atoms with E-state index < -0.39 is 10.0 Å². The zero-order chi connectivity index (χ0) is 22.7. The Kier molecular flexibility index (Phi) is 6.80. The predicted octanol–water partition coefficient (Wildman–Crippen LogP) is 4.51. The van der Waals surface area contributed by atoms with Gasteiger partial charge in [-0.3, -0.25) is 4.79 Å². The summed E-state index contributed by atoms with van der Waals surface area (Å²) in [5.74, 6) is 0.296. The summed E-state index contributed by atoms with van der Waals surface area (Å²) in [6.45, 7) is 0.570. The molecule has 1 N–H and O–H groups in total. The van der Waals surface area contributed by atoms with E-state index in [9.17, 15) is 13.2 Å². The van der Waals surface area contributed by atoms with Gasteiger partial charge in [-0.05, 0) is 49.2 Å². The molecular weight excluding hydrogens is 470 g/mol. The Morgan fingerprint density at radius 2 is 1.84 bits per heavy atom. The highest BCUT2D eigenvalue weighted by molar-refractivity contribution is 7.89. The zero-order valence-electron chi connectivity index (χ0n) is 17.3. The summed E-state index contributed by atoms with van der Waals surface area (Å²) in [4.78, 5) is 17.5. The monoisotopic (exact) mass is 491 g/mol. The molecule has 2 aromatic carbocycles. The number of carbonyl (C=O) groups excluding carboxylic acids is 1. The van der Waals surface area contributed by atoms with Crippen molar-refractivity contribution >= 4 is 44.0 Å². The van der Waals surface area contributed by atoms with Gasteiger partial charge in [0.2, 0.25) is 15.9 Å². The van der Waals surface area contributed by atoms with Gasteiger partial charge >= 0.3 is 0 Å². The Balaban J connectivity index is 1.37. The first-order valence-electron chi connectivity index (χ1n) is 10.0. The van der Waals surface area contributed by atoms with Crippen molar-refractivity contribution < 1.29 is 17.9 Å². The number of aromatic nitrogens is 1. The number of rotatable bonds is 6. The van der Waals surface area contributed by atoms with E-state index in [4.69, 9.17) is 16.3 Å². The summed E-state index contributed by atoms with van der Waals surface area (Å²) in [6, 6.07) is 13.7. The lowest BCUT2D eigenvalue weighted by atomic mass is 9.97. The van der Waals surface area contributed by atoms with E-state index in [1.165, 1.54) is 27.8 Å². The van der Waals surface area contributed by atoms with Crippen LogP contribution in [-0.2, 0) is 14.8 Å². The number of sulfonamides is 1. The molecule has 0 unspecified atom stereocenters. The quantitative estimate of drug-likeness (QED) is 0.548. The van der Waals surface area contributed by atoms with Gasteiger partial charge < -0.3 is 10.1 Å². The van der Waals surface area contributed by atoms with E-state index in [1.807, 2.05) is 29.6 Å². The van der Waals surface area contributed by atoms with Gasteiger partial charge in [0, 0.05) is 35.0 Å². The number of nitrogens with zero attached hydrogens (tertiary/aromatic N) is 2. The van der Waals surface area contributed by atoms with Crippen molar-refractivity contribution in [2.75, 3.05) is 25.5 Å². The Hall–Kier alpha value is -2.46. The number of hydrogen-bond acceptors (Lipinski definition) is 6. The van der Waals surface area contributed by atoms with Crippen LogP contribution < -0.4 is 10.1 Å². The summed E-state index contributed by atoms with van der Waals surface area (Å²) in [5.41, 5.74) is 1.58. The third kappa shape index (κ3) is 4.80. The second kappa shape index (κ2) is 9.58. The molecule has 0 spiro atoms. The molecule has 1 saturated heterocycles. The van der Waals surface area contributed by atoms with Gasteiger partial charge in [-0.15, -0.1) is 11.3 Å². The lowest BCUT2D eigenvalue weighted by molar-refractivity contribution is -0.120. The highest BCUT2D eigenvalue weighted by atomic mass is 35.5. The maximum atomic E-state index is 12.8. The molecule has 168 valence electrons. The highest BCUT2D eigenvalue weighted by Crippen LogP contribution is 2.32. The molecule has 1 aliphatic heterocycles. The normalized spacial score (nSPS) is 15.4. The molecule has 0 bridgehead atoms. The molecule has 0 atom stereocenters. The third-order valence-electron chi connectivity index (χ3n) is 5.39. The Bertz CT molecular complexity index is 1200. The number of para-hydroxylation sites is 1. The minimum atomic E-state index is -3.60. The summed E-state index contributed by atoms with van der Waals surface area (Å²) in [7, 11) is -2.00. The first kappa shape index (κ1) is 22.7. The SMILES string of the molecule is COc1ccccc1-c1csc(NC(=O)C2CCN(S(=O)(=O)c3ccc(Cl)cc3)CC2)n1. The average Bonchev–Trinajstić information content (AvgIpc) is 3.27. The highest BCUT2D eigenvalue weighted by Gasteiger charge is 2.32. The van der Waals surface area contributed by atoms with Gasteiger partial charge in [-0.2, -0.15) is 4.31 Å². The minimum absolute atomic E-state index is 0.144. The van der Waals surface area contributed by atoms with Gasteiger partial charge in [0.05, 0.1) is 17.7 Å². The number of thiazole rings is 1. The molecule has 3 aromatic rings. The van der Waals surface area contributed by atoms with Gasteiger partial charge in [-0.25, -0.2) is 13.4 Å². The largest absolute Gasteiger partial charge is 0.496 e. The first-order valence-corrected chi connectivity index (χ1v) is 12.7. The zero-order valence-corrected chi connectivity index (χ0v) is 19.7. The van der Waals surface area contributed by atoms with E-state index in [0.717, 1.165) is 11.3 Å². The van der Waals surface area contributed by atoms with Crippen molar-refractivity contribution in [2.45, 2.75) is 17.7 Å². The van der Waals surface area contributed by atoms with Crippen LogP contribution in [0, 0.1) is 5.92 Å². The number of methoxy groups -OCH3 is 1. The van der Waals surface area contributed by atoms with Crippen LogP contribution in [0.25, 0.3) is 11.3 Å². The number of nitrogens with one attached hydrogen (secondary N) is 1. The summed E-state index contributed by atoms with van der Waals surface area (Å²) < 4.78 is 32.4. The van der Waals surface area contributed by atoms with Crippen molar-refractivity contribution in [3.63, 3.8) is 0 Å². The molecule has 1 aromatic heterocycles. The molecule has 7 nitrogen and oxygen atoms in total. The van der Waals surface area contributed by atoms with Crippen LogP contribution in [0.1, 0.15) is 12.8 Å². The van der Waals surface area contributed by atoms with Crippen molar-refractivity contribution in [2.24, 2.45) is 5.92 Å². The number of benzene rings is 2. The summed E-state index contributed by atoms with van der Waals surface area (Å²) in [5, 5.41) is 5.73. The van der Waals surface area contributed by atoms with Crippen LogP contribution in [0.5, 0.6) is 5.75 Å². The maximum Gasteiger partial charge on any atom is 0.243 e. The molecule has 1 fully saturated rings. The molecule has 2 heterocycles. The topological polar surface area (TPSA) is 88.6 Å². The summed E-state index contributed by atoms with van der Waals surface area (Å²) >= 11 is 7.20. The maximum absolute atomic E-state index is 12.8. The van der Waals surface area contributed by atoms with Gasteiger partial charge in [0.15, 0.2) is 5.13 Å². The number of halogens is 1. The second-order valence-electron chi connectivity index (χ2n) is 7.36. The molecule has 1 amide bonds. The van der Waals surface area contributed by atoms with E-state index in [2.05, 4.69) is 10.3 Å². The molecule has 1 aliphatic rings. The van der Waals surface area contributed by atoms with E-state index in [0.29, 0.717) is 28.7 Å². The van der Waals surface area contributed by atoms with E-state index in [1.54, 1.807) is 19.2 Å². The number of carbonyl (C=O) groups is 1. The number of piperidine rings is 1. The van der Waals surface area contributed by atoms with Crippen LogP contribution in [0.2, 0.25) is 5.02 Å². The van der Waals surface area contributed by atoms with Gasteiger partial charge in [0.1, 0.15) is 5.75 Å². The lowest BCUT2D eigenvalue weighted by Crippen LogP contribution is -2.41. The van der Waals surface area contributed by atoms with Crippen molar-refractivity contribution in [3.05, 3.63) is 58.9 Å². The first-order chi connectivity index (χ1) is 15.4. The van der Waals surface area contributed by atoms with E-state index >= 15 is 0 Å². The lowest BCUT2D eigenvalue weighted by Gasteiger charge is -2.30. The fourth-order valence-electron chi connectivity index (χ4n) is 3.63. The Morgan fingerprint density at radius 3 is 2.53 bits per heavy atom. The van der Waals surface area contributed by atoms with Crippen LogP contribution in [-0.4, -0.2) is 43.8 Å². The van der Waals surface area contributed by atoms with Gasteiger partial charge in [0.25, 0.3) is 0 Å². The second-order valence-corrected chi connectivity index (χ2v) is 10.6. The molecule has 0 aliphatic carbocycles. The standard InChI is InChI=1S/C22H22ClN3O4S2/c1-30-20-5-3-2-4-18(20)19-14-31-22(24-19)25-21(27)15-10-12-26(13-11-15)32(28,29)17-8-6-16(23)7-9-17/h2-9,14-15H,10-13H2,1H3,(H,24,25,27). The average molecular weight is 492 g/mol. The van der Waals surface area contributed by atoms with Crippen molar-refractivity contribution in [1.82, 2.24) is 9.29 Å². The summed E-state index contributed by atoms with van der Waals surface area (Å²) in [6.07, 6.45) is 0.896. The Labute approximate surface area is 196 Å². The predicted molar refractivity (Wildman–Crippen MR) is 126 cm³/mol. The number of anilines is 1. The van der Waals surface area contributed by atoms with Crippen molar-refractivity contribution in [3.8, 4) is 17.0 Å². The fraction of sp³-hybridized carbons (Fsp3) is 0.273. The molecule has 0 saturated carbocycles. The number of hydrogen-bond donors (Lipinski definition) is 1. The van der Waals surface area contributed by atoms with Gasteiger partial charge in [-0.1, -0.05) is 23.7 Å². The molecule has 0 radical (unpaired) electrons. The molecular formula is C22H22ClN3O4S2. The van der Waals surface area contributed by atoms with Crippen LogP contribution in [0.4, 0.5) is 5.13 Å². The Morgan fingerprint density at radius 1 is 1.16 bits per heavy atom.